The summed E-state index contributed by atoms with van der Waals surface area (Å²) in [5.74, 6) is -0.414. The summed E-state index contributed by atoms with van der Waals surface area (Å²) in [7, 11) is 0. The molecule has 91 heavy (non-hydrogen) atoms. The summed E-state index contributed by atoms with van der Waals surface area (Å²) < 4.78 is 34.2. The van der Waals surface area contributed by atoms with Crippen LogP contribution in [-0.2, 0) is 33.2 Å². The SMILES string of the molecule is CC/C=C\C/C=C\C/C=C\C/C=C\C/C=C\CC(=O)NC(COC1OC(CO)C(OC2OC(CO)C(OC3OC(CO)C(O)C(O)C3O)C(O)C2O)C(O)C1O)C(O)/C=C/CC/C=C/CCCCCCCCCCCCCCCCCCCCCCCCCCC. The van der Waals surface area contributed by atoms with E-state index in [1.807, 2.05) is 24.3 Å². The van der Waals surface area contributed by atoms with Crippen molar-refractivity contribution >= 4 is 5.91 Å². The van der Waals surface area contributed by atoms with E-state index >= 15 is 0 Å². The quantitative estimate of drug-likeness (QED) is 0.0199. The highest BCUT2D eigenvalue weighted by atomic mass is 16.8. The highest BCUT2D eigenvalue weighted by Crippen LogP contribution is 2.33. The van der Waals surface area contributed by atoms with Gasteiger partial charge in [-0.05, 0) is 57.8 Å². The molecule has 0 bridgehead atoms. The number of carbonyl (C=O) groups excluding carboxylic acids is 1. The number of ether oxygens (including phenoxy) is 6. The number of amides is 1. The number of rotatable bonds is 53. The Bertz CT molecular complexity index is 1980. The summed E-state index contributed by atoms with van der Waals surface area (Å²) in [6.45, 7) is 1.53. The van der Waals surface area contributed by atoms with Gasteiger partial charge in [0.2, 0.25) is 5.91 Å². The summed E-state index contributed by atoms with van der Waals surface area (Å²) in [6.07, 6.45) is 42.0. The Balaban J connectivity index is 1.42. The van der Waals surface area contributed by atoms with Gasteiger partial charge in [0, 0.05) is 6.42 Å². The van der Waals surface area contributed by atoms with E-state index in [9.17, 15) is 61.0 Å². The highest BCUT2D eigenvalue weighted by molar-refractivity contribution is 5.77. The first-order chi connectivity index (χ1) is 44.3. The first-order valence-corrected chi connectivity index (χ1v) is 35.3. The van der Waals surface area contributed by atoms with Crippen molar-refractivity contribution in [2.24, 2.45) is 0 Å². The fraction of sp³-hybridized carbons (Fsp3) is 0.792. The van der Waals surface area contributed by atoms with Gasteiger partial charge < -0.3 is 89.9 Å². The molecule has 17 unspecified atom stereocenters. The predicted molar refractivity (Wildman–Crippen MR) is 355 cm³/mol. The van der Waals surface area contributed by atoms with Gasteiger partial charge in [0.1, 0.15) is 73.2 Å². The Hall–Kier alpha value is -3.03. The molecule has 0 aromatic carbocycles. The van der Waals surface area contributed by atoms with Crippen LogP contribution >= 0.6 is 0 Å². The number of allylic oxidation sites excluding steroid dienone is 12. The molecule has 3 rings (SSSR count). The fourth-order valence-corrected chi connectivity index (χ4v) is 11.5. The number of unbranched alkanes of at least 4 members (excludes halogenated alkanes) is 26. The topological polar surface area (TPSA) is 307 Å². The second-order valence-corrected chi connectivity index (χ2v) is 25.0. The van der Waals surface area contributed by atoms with Crippen LogP contribution in [0.4, 0.5) is 0 Å². The number of aliphatic hydroxyl groups excluding tert-OH is 11. The summed E-state index contributed by atoms with van der Waals surface area (Å²) in [5.41, 5.74) is 0. The zero-order valence-electron chi connectivity index (χ0n) is 55.5. The Labute approximate surface area is 546 Å². The van der Waals surface area contributed by atoms with Crippen molar-refractivity contribution in [3.8, 4) is 0 Å². The monoisotopic (exact) mass is 1290 g/mol. The van der Waals surface area contributed by atoms with Gasteiger partial charge in [-0.2, -0.15) is 0 Å². The van der Waals surface area contributed by atoms with Crippen molar-refractivity contribution in [3.63, 3.8) is 0 Å². The van der Waals surface area contributed by atoms with Gasteiger partial charge in [0.25, 0.3) is 0 Å². The second kappa shape index (κ2) is 53.2. The number of hydrogen-bond acceptors (Lipinski definition) is 18. The minimum atomic E-state index is -1.99. The number of hydrogen-bond donors (Lipinski definition) is 12. The van der Waals surface area contributed by atoms with Gasteiger partial charge in [0.15, 0.2) is 18.9 Å². The van der Waals surface area contributed by atoms with E-state index < -0.39 is 137 Å². The third-order valence-electron chi connectivity index (χ3n) is 17.2. The Kier molecular flexibility index (Phi) is 48.0. The maximum atomic E-state index is 13.3. The van der Waals surface area contributed by atoms with Crippen molar-refractivity contribution in [3.05, 3.63) is 85.1 Å². The lowest BCUT2D eigenvalue weighted by atomic mass is 9.96. The smallest absolute Gasteiger partial charge is 0.224 e. The van der Waals surface area contributed by atoms with Crippen LogP contribution in [0.5, 0.6) is 0 Å². The Morgan fingerprint density at radius 2 is 0.769 bits per heavy atom. The number of nitrogens with one attached hydrogen (secondary N) is 1. The van der Waals surface area contributed by atoms with Crippen molar-refractivity contribution in [2.45, 2.75) is 336 Å². The molecular weight excluding hydrogens is 1170 g/mol. The molecule has 526 valence electrons. The van der Waals surface area contributed by atoms with Crippen LogP contribution in [0.25, 0.3) is 0 Å². The van der Waals surface area contributed by atoms with Crippen molar-refractivity contribution in [1.82, 2.24) is 5.32 Å². The van der Waals surface area contributed by atoms with E-state index in [-0.39, 0.29) is 6.42 Å². The molecule has 0 aliphatic carbocycles. The molecule has 19 heteroatoms. The van der Waals surface area contributed by atoms with E-state index in [2.05, 4.69) is 67.8 Å². The lowest BCUT2D eigenvalue weighted by molar-refractivity contribution is -0.379. The molecule has 0 aromatic heterocycles. The first kappa shape index (κ1) is 82.2. The minimum Gasteiger partial charge on any atom is -0.394 e. The molecule has 12 N–H and O–H groups in total. The van der Waals surface area contributed by atoms with E-state index in [1.165, 1.54) is 154 Å². The highest BCUT2D eigenvalue weighted by Gasteiger charge is 2.53. The fourth-order valence-electron chi connectivity index (χ4n) is 11.5. The van der Waals surface area contributed by atoms with Gasteiger partial charge in [-0.25, -0.2) is 0 Å². The molecule has 1 amide bonds. The molecule has 17 atom stereocenters. The molecule has 0 spiro atoms. The summed E-state index contributed by atoms with van der Waals surface area (Å²) in [4.78, 5) is 13.3. The first-order valence-electron chi connectivity index (χ1n) is 35.3. The van der Waals surface area contributed by atoms with Crippen molar-refractivity contribution in [2.75, 3.05) is 26.4 Å². The van der Waals surface area contributed by atoms with Crippen LogP contribution in [0.15, 0.2) is 85.1 Å². The molecule has 0 radical (unpaired) electrons. The lowest BCUT2D eigenvalue weighted by Gasteiger charge is -2.48. The standard InChI is InChI=1S/C72H125NO18/c1-3-5-7-9-11-13-15-17-19-20-21-22-23-24-25-26-27-28-29-30-31-32-33-34-36-37-39-41-43-45-47-49-56(77)55(73-60(78)50-48-46-44-42-40-38-35-18-16-14-12-10-8-6-4-2)54-86-70-66(84)63(81)68(58(52-75)88-70)91-72-67(85)64(82)69(59(53-76)89-72)90-71-65(83)62(80)61(79)57(51-74)87-71/h6,8,12,14,18,35,39-42,46-49,55-59,61-72,74-77,79-85H,3-5,7,9-11,13,15-17,19-34,36-38,43-45,50-54H2,1-2H3,(H,73,78)/b8-6-,14-12-,35-18-,41-39+,42-40-,48-46-,49-47+. The van der Waals surface area contributed by atoms with E-state index in [1.54, 1.807) is 12.2 Å². The Morgan fingerprint density at radius 1 is 0.407 bits per heavy atom. The van der Waals surface area contributed by atoms with Gasteiger partial charge in [0.05, 0.1) is 38.6 Å². The molecule has 3 aliphatic heterocycles. The van der Waals surface area contributed by atoms with Crippen LogP contribution in [0.3, 0.4) is 0 Å². The van der Waals surface area contributed by atoms with Crippen molar-refractivity contribution < 1.29 is 89.4 Å². The predicted octanol–water partition coefficient (Wildman–Crippen LogP) is 9.49. The van der Waals surface area contributed by atoms with Gasteiger partial charge >= 0.3 is 0 Å². The summed E-state index contributed by atoms with van der Waals surface area (Å²) in [6, 6.07) is -1.05. The van der Waals surface area contributed by atoms with E-state index in [0.717, 1.165) is 44.9 Å². The zero-order chi connectivity index (χ0) is 66.1. The molecule has 3 fully saturated rings. The van der Waals surface area contributed by atoms with Crippen molar-refractivity contribution in [1.29, 1.82) is 0 Å². The number of aliphatic hydroxyl groups is 11. The second-order valence-electron chi connectivity index (χ2n) is 25.0. The maximum Gasteiger partial charge on any atom is 0.224 e. The van der Waals surface area contributed by atoms with Crippen LogP contribution in [-0.4, -0.2) is 193 Å². The molecule has 0 aromatic rings. The molecule has 0 saturated carbocycles. The van der Waals surface area contributed by atoms with Crippen LogP contribution in [0.2, 0.25) is 0 Å². The average Bonchev–Trinajstić information content (AvgIpc) is 0.883. The lowest BCUT2D eigenvalue weighted by Crippen LogP contribution is -2.66. The normalized spacial score (nSPS) is 28.4. The Morgan fingerprint density at radius 3 is 1.21 bits per heavy atom. The van der Waals surface area contributed by atoms with E-state index in [0.29, 0.717) is 12.8 Å². The summed E-state index contributed by atoms with van der Waals surface area (Å²) in [5, 5.41) is 120. The number of carbonyl (C=O) groups is 1. The largest absolute Gasteiger partial charge is 0.394 e. The zero-order valence-corrected chi connectivity index (χ0v) is 55.5. The molecule has 3 saturated heterocycles. The van der Waals surface area contributed by atoms with Crippen LogP contribution < -0.4 is 5.32 Å². The molecule has 3 aliphatic rings. The average molecular weight is 1290 g/mol. The molecular formula is C72H125NO18. The minimum absolute atomic E-state index is 0.000672. The van der Waals surface area contributed by atoms with Gasteiger partial charge in [-0.3, -0.25) is 4.79 Å². The van der Waals surface area contributed by atoms with Gasteiger partial charge in [-0.1, -0.05) is 253 Å². The third-order valence-corrected chi connectivity index (χ3v) is 17.2. The molecule has 19 nitrogen and oxygen atoms in total. The van der Waals surface area contributed by atoms with E-state index in [4.69, 9.17) is 28.4 Å². The van der Waals surface area contributed by atoms with Gasteiger partial charge in [-0.15, -0.1) is 0 Å². The summed E-state index contributed by atoms with van der Waals surface area (Å²) >= 11 is 0. The third kappa shape index (κ3) is 35.0. The molecule has 3 heterocycles. The van der Waals surface area contributed by atoms with Crippen LogP contribution in [0, 0.1) is 0 Å². The maximum absolute atomic E-state index is 13.3. The van der Waals surface area contributed by atoms with Crippen LogP contribution in [0.1, 0.15) is 232 Å².